The monoisotopic (exact) mass is 477 g/mol. The van der Waals surface area contributed by atoms with E-state index in [0.717, 1.165) is 38.6 Å². The number of aliphatic hydroxyl groups excluding tert-OH is 2. The fraction of sp³-hybridized carbons (Fsp3) is 0.793. The molecule has 3 nitrogen and oxygen atoms in total. The smallest absolute Gasteiger partial charge is 0.248 e. The molecule has 34 heavy (non-hydrogen) atoms. The number of hydrogen-bond acceptors (Lipinski definition) is 3. The Hall–Kier alpha value is -1.04. The van der Waals surface area contributed by atoms with Crippen molar-refractivity contribution < 1.29 is 19.0 Å². The zero-order valence-corrected chi connectivity index (χ0v) is 21.4. The molecule has 1 saturated heterocycles. The van der Waals surface area contributed by atoms with Crippen LogP contribution in [0.15, 0.2) is 35.5 Å². The molecule has 1 aliphatic heterocycles. The molecular formula is C29H45F2NO2. The van der Waals surface area contributed by atoms with Crippen LogP contribution in [0.3, 0.4) is 0 Å². The third kappa shape index (κ3) is 5.37. The maximum absolute atomic E-state index is 13.7. The van der Waals surface area contributed by atoms with Gasteiger partial charge in [0.25, 0.3) is 0 Å². The minimum Gasteiger partial charge on any atom is -0.388 e. The molecule has 0 radical (unpaired) electrons. The number of rotatable bonds is 5. The minimum atomic E-state index is -2.55. The third-order valence-corrected chi connectivity index (χ3v) is 9.88. The highest BCUT2D eigenvalue weighted by Crippen LogP contribution is 2.59. The molecule has 0 spiro atoms. The van der Waals surface area contributed by atoms with Gasteiger partial charge in [-0.3, -0.25) is 0 Å². The van der Waals surface area contributed by atoms with Gasteiger partial charge in [-0.1, -0.05) is 43.7 Å². The number of nitrogens with zero attached hydrogens (tertiary/aromatic N) is 1. The number of fused-ring (bicyclic) bond motifs is 1. The van der Waals surface area contributed by atoms with Gasteiger partial charge in [0.1, 0.15) is 0 Å². The molecule has 4 fully saturated rings. The van der Waals surface area contributed by atoms with E-state index in [1.807, 2.05) is 0 Å². The highest BCUT2D eigenvalue weighted by atomic mass is 19.3. The Kier molecular flexibility index (Phi) is 7.77. The van der Waals surface area contributed by atoms with Crippen LogP contribution in [0.25, 0.3) is 0 Å². The quantitative estimate of drug-likeness (QED) is 0.468. The topological polar surface area (TPSA) is 43.7 Å². The van der Waals surface area contributed by atoms with Crippen molar-refractivity contribution in [1.82, 2.24) is 4.90 Å². The number of alkyl halides is 2. The summed E-state index contributed by atoms with van der Waals surface area (Å²) in [6.07, 6.45) is 11.6. The van der Waals surface area contributed by atoms with E-state index in [9.17, 15) is 19.0 Å². The largest absolute Gasteiger partial charge is 0.388 e. The lowest BCUT2D eigenvalue weighted by molar-refractivity contribution is -0.0641. The highest BCUT2D eigenvalue weighted by molar-refractivity contribution is 5.29. The summed E-state index contributed by atoms with van der Waals surface area (Å²) in [4.78, 5) is 2.43. The molecule has 192 valence electrons. The van der Waals surface area contributed by atoms with E-state index in [4.69, 9.17) is 0 Å². The standard InChI is InChI=1S/C29H45F2NO2/c1-19(18-32-14-11-23(12-15-32)29(4,30)31)24-9-10-25-22(6-5-13-28(24,25)3)8-7-21-16-26(33)20(2)27(34)17-21/h7-8,19,23-27,33-34H,2,5-6,9-18H2,1,3-4H3/b22-8+/t19?,24-,25+,26-,27-,28-/m1/s1. The van der Waals surface area contributed by atoms with Crippen LogP contribution in [0.1, 0.15) is 78.6 Å². The van der Waals surface area contributed by atoms with Gasteiger partial charge in [-0.25, -0.2) is 8.78 Å². The van der Waals surface area contributed by atoms with E-state index in [-0.39, 0.29) is 0 Å². The lowest BCUT2D eigenvalue weighted by atomic mass is 9.61. The molecule has 0 aromatic rings. The van der Waals surface area contributed by atoms with E-state index < -0.39 is 24.0 Å². The molecule has 1 unspecified atom stereocenters. The molecule has 0 bridgehead atoms. The van der Waals surface area contributed by atoms with Crippen LogP contribution >= 0.6 is 0 Å². The molecular weight excluding hydrogens is 432 g/mol. The molecule has 0 aromatic carbocycles. The van der Waals surface area contributed by atoms with Crippen molar-refractivity contribution in [2.75, 3.05) is 19.6 Å². The first-order valence-corrected chi connectivity index (χ1v) is 13.5. The Morgan fingerprint density at radius 2 is 1.76 bits per heavy atom. The summed E-state index contributed by atoms with van der Waals surface area (Å²) >= 11 is 0. The van der Waals surface area contributed by atoms with Crippen molar-refractivity contribution in [2.24, 2.45) is 29.1 Å². The summed E-state index contributed by atoms with van der Waals surface area (Å²) in [7, 11) is 0. The molecule has 2 N–H and O–H groups in total. The highest BCUT2D eigenvalue weighted by Gasteiger charge is 2.51. The van der Waals surface area contributed by atoms with E-state index in [1.54, 1.807) is 0 Å². The van der Waals surface area contributed by atoms with E-state index in [0.29, 0.717) is 54.4 Å². The Morgan fingerprint density at radius 3 is 2.38 bits per heavy atom. The first-order valence-electron chi connectivity index (χ1n) is 13.5. The van der Waals surface area contributed by atoms with Crippen molar-refractivity contribution in [3.63, 3.8) is 0 Å². The Morgan fingerprint density at radius 1 is 1.12 bits per heavy atom. The predicted octanol–water partition coefficient (Wildman–Crippen LogP) is 6.13. The van der Waals surface area contributed by atoms with Gasteiger partial charge in [0.2, 0.25) is 5.92 Å². The average molecular weight is 478 g/mol. The predicted molar refractivity (Wildman–Crippen MR) is 134 cm³/mol. The van der Waals surface area contributed by atoms with E-state index >= 15 is 0 Å². The first-order chi connectivity index (χ1) is 16.0. The van der Waals surface area contributed by atoms with Crippen LogP contribution in [0.2, 0.25) is 0 Å². The minimum absolute atomic E-state index is 0.302. The normalized spacial score (nSPS) is 38.3. The lowest BCUT2D eigenvalue weighted by Crippen LogP contribution is -2.44. The molecule has 5 heteroatoms. The molecule has 4 aliphatic rings. The van der Waals surface area contributed by atoms with Gasteiger partial charge in [-0.15, -0.1) is 0 Å². The molecule has 0 amide bonds. The zero-order valence-electron chi connectivity index (χ0n) is 21.4. The van der Waals surface area contributed by atoms with Crippen LogP contribution in [0.4, 0.5) is 8.78 Å². The van der Waals surface area contributed by atoms with Crippen molar-refractivity contribution in [1.29, 1.82) is 0 Å². The second-order valence-electron chi connectivity index (χ2n) is 12.2. The van der Waals surface area contributed by atoms with Crippen LogP contribution in [0.5, 0.6) is 0 Å². The summed E-state index contributed by atoms with van der Waals surface area (Å²) in [5.74, 6) is -1.17. The van der Waals surface area contributed by atoms with Gasteiger partial charge in [-0.05, 0) is 107 Å². The number of hydrogen-bond donors (Lipinski definition) is 2. The second-order valence-corrected chi connectivity index (χ2v) is 12.2. The number of aliphatic hydroxyl groups is 2. The summed E-state index contributed by atoms with van der Waals surface area (Å²) in [6.45, 7) is 12.4. The second kappa shape index (κ2) is 10.1. The number of halogens is 2. The van der Waals surface area contributed by atoms with Crippen molar-refractivity contribution >= 4 is 0 Å². The van der Waals surface area contributed by atoms with Gasteiger partial charge in [0.05, 0.1) is 12.2 Å². The molecule has 1 heterocycles. The van der Waals surface area contributed by atoms with Crippen molar-refractivity contribution in [3.05, 3.63) is 35.5 Å². The van der Waals surface area contributed by atoms with Gasteiger partial charge < -0.3 is 15.1 Å². The Balaban J connectivity index is 1.39. The zero-order chi connectivity index (χ0) is 24.7. The number of likely N-dealkylation sites (tertiary alicyclic amines) is 1. The van der Waals surface area contributed by atoms with Crippen LogP contribution in [-0.4, -0.2) is 52.9 Å². The van der Waals surface area contributed by atoms with Crippen LogP contribution < -0.4 is 0 Å². The Labute approximate surface area is 205 Å². The van der Waals surface area contributed by atoms with Crippen LogP contribution in [-0.2, 0) is 0 Å². The summed E-state index contributed by atoms with van der Waals surface area (Å²) in [5, 5.41) is 20.3. The molecule has 4 rings (SSSR count). The number of allylic oxidation sites excluding steroid dienone is 3. The Bertz CT molecular complexity index is 791. The molecule has 6 atom stereocenters. The maximum Gasteiger partial charge on any atom is 0.248 e. The van der Waals surface area contributed by atoms with E-state index in [1.165, 1.54) is 31.3 Å². The third-order valence-electron chi connectivity index (χ3n) is 9.88. The van der Waals surface area contributed by atoms with Gasteiger partial charge in [0.15, 0.2) is 0 Å². The lowest BCUT2D eigenvalue weighted by Gasteiger charge is -2.45. The first kappa shape index (κ1) is 26.0. The van der Waals surface area contributed by atoms with E-state index in [2.05, 4.69) is 37.5 Å². The van der Waals surface area contributed by atoms with Gasteiger partial charge in [-0.2, -0.15) is 0 Å². The fourth-order valence-electron chi connectivity index (χ4n) is 7.80. The van der Waals surface area contributed by atoms with Gasteiger partial charge >= 0.3 is 0 Å². The van der Waals surface area contributed by atoms with Gasteiger partial charge in [0, 0.05) is 12.5 Å². The maximum atomic E-state index is 13.7. The number of piperidine rings is 1. The fourth-order valence-corrected chi connectivity index (χ4v) is 7.80. The average Bonchev–Trinajstić information content (AvgIpc) is 3.13. The SMILES string of the molecule is C=C1[C@H](O)CC(=C/C=C2\CCC[C@]3(C)[C@@H](C(C)CN4CCC(C(C)(F)F)CC4)CC[C@@H]23)C[C@H]1O. The van der Waals surface area contributed by atoms with Crippen LogP contribution in [0, 0.1) is 29.1 Å². The molecule has 0 aromatic heterocycles. The molecule has 3 aliphatic carbocycles. The molecule has 3 saturated carbocycles. The van der Waals surface area contributed by atoms with Crippen molar-refractivity contribution in [2.45, 2.75) is 96.7 Å². The summed E-state index contributed by atoms with van der Waals surface area (Å²) in [6, 6.07) is 0. The summed E-state index contributed by atoms with van der Waals surface area (Å²) in [5.41, 5.74) is 3.48. The summed E-state index contributed by atoms with van der Waals surface area (Å²) < 4.78 is 27.4. The van der Waals surface area contributed by atoms with Crippen molar-refractivity contribution in [3.8, 4) is 0 Å².